The van der Waals surface area contributed by atoms with Crippen molar-refractivity contribution < 1.29 is 19.7 Å². The van der Waals surface area contributed by atoms with E-state index in [1.165, 1.54) is 0 Å². The maximum absolute atomic E-state index is 12.3. The molecule has 3 aromatic rings. The summed E-state index contributed by atoms with van der Waals surface area (Å²) < 4.78 is 5.04. The van der Waals surface area contributed by atoms with Crippen molar-refractivity contribution in [3.63, 3.8) is 0 Å². The third-order valence-electron chi connectivity index (χ3n) is 3.74. The Bertz CT molecular complexity index is 936. The van der Waals surface area contributed by atoms with Gasteiger partial charge in [-0.2, -0.15) is 0 Å². The molecule has 3 N–H and O–H groups in total. The maximum Gasteiger partial charge on any atom is 0.340 e. The summed E-state index contributed by atoms with van der Waals surface area (Å²) in [5.41, 5.74) is 2.37. The van der Waals surface area contributed by atoms with Crippen LogP contribution in [0.4, 0.5) is 11.4 Å². The first-order valence-electron chi connectivity index (χ1n) is 7.95. The predicted octanol–water partition coefficient (Wildman–Crippen LogP) is 3.56. The van der Waals surface area contributed by atoms with Crippen LogP contribution in [0.25, 0.3) is 10.9 Å². The first kappa shape index (κ1) is 20.9. The van der Waals surface area contributed by atoms with Gasteiger partial charge in [-0.05, 0) is 36.4 Å². The molecule has 8 heteroatoms. The van der Waals surface area contributed by atoms with Crippen molar-refractivity contribution in [2.24, 2.45) is 0 Å². The Hall–Kier alpha value is -2.38. The lowest BCUT2D eigenvalue weighted by Crippen LogP contribution is -2.22. The summed E-state index contributed by atoms with van der Waals surface area (Å²) in [4.78, 5) is 16.6. The normalized spacial score (nSPS) is 11.5. The zero-order valence-electron chi connectivity index (χ0n) is 14.1. The molecule has 0 bridgehead atoms. The van der Waals surface area contributed by atoms with Crippen LogP contribution >= 0.6 is 24.0 Å². The number of halogens is 2. The second kappa shape index (κ2) is 9.53. The largest absolute Gasteiger partial charge is 0.459 e. The first-order chi connectivity index (χ1) is 12.6. The average Bonchev–Trinajstić information content (AvgIpc) is 2.66. The number of anilines is 2. The van der Waals surface area contributed by atoms with Crippen LogP contribution in [0.5, 0.6) is 0 Å². The van der Waals surface area contributed by atoms with Gasteiger partial charge >= 0.3 is 5.97 Å². The fourth-order valence-electron chi connectivity index (χ4n) is 2.45. The number of aromatic nitrogens is 1. The summed E-state index contributed by atoms with van der Waals surface area (Å²) in [6, 6.07) is 14.1. The van der Waals surface area contributed by atoms with Crippen LogP contribution in [-0.2, 0) is 4.74 Å². The number of benzene rings is 2. The average molecular weight is 409 g/mol. The summed E-state index contributed by atoms with van der Waals surface area (Å²) in [5, 5.41) is 22.8. The molecule has 0 amide bonds. The molecule has 0 aliphatic heterocycles. The lowest BCUT2D eigenvalue weighted by atomic mass is 10.1. The number of para-hydroxylation sites is 1. The highest BCUT2D eigenvalue weighted by Crippen LogP contribution is 2.28. The van der Waals surface area contributed by atoms with Gasteiger partial charge in [0.25, 0.3) is 0 Å². The van der Waals surface area contributed by atoms with Gasteiger partial charge in [0.2, 0.25) is 0 Å². The van der Waals surface area contributed by atoms with Gasteiger partial charge in [0.15, 0.2) is 0 Å². The van der Waals surface area contributed by atoms with Crippen LogP contribution in [0, 0.1) is 0 Å². The van der Waals surface area contributed by atoms with Crippen LogP contribution in [0.15, 0.2) is 54.7 Å². The fraction of sp³-hybridized carbons (Fsp3) is 0.158. The molecule has 2 aromatic carbocycles. The number of nitrogens with zero attached hydrogens (tertiary/aromatic N) is 1. The number of fused-ring (bicyclic) bond motifs is 1. The molecule has 1 atom stereocenters. The lowest BCUT2D eigenvalue weighted by Gasteiger charge is -2.14. The van der Waals surface area contributed by atoms with Gasteiger partial charge in [-0.15, -0.1) is 12.4 Å². The molecule has 1 aromatic heterocycles. The number of hydrogen-bond donors (Lipinski definition) is 3. The fourth-order valence-corrected chi connectivity index (χ4v) is 2.61. The summed E-state index contributed by atoms with van der Waals surface area (Å²) >= 11 is 6.01. The molecule has 0 fully saturated rings. The molecule has 3 rings (SSSR count). The van der Waals surface area contributed by atoms with Gasteiger partial charge in [0.05, 0.1) is 23.4 Å². The summed E-state index contributed by atoms with van der Waals surface area (Å²) in [6.07, 6.45) is 0.549. The molecule has 6 nitrogen and oxygen atoms in total. The Morgan fingerprint density at radius 3 is 2.74 bits per heavy atom. The number of aliphatic hydroxyl groups excluding tert-OH is 2. The molecule has 0 saturated heterocycles. The van der Waals surface area contributed by atoms with E-state index in [9.17, 15) is 9.90 Å². The molecular formula is C19H18Cl2N2O4. The van der Waals surface area contributed by atoms with Crippen LogP contribution < -0.4 is 5.32 Å². The summed E-state index contributed by atoms with van der Waals surface area (Å²) in [6.45, 7) is -0.751. The number of pyridine rings is 1. The molecule has 0 aliphatic rings. The second-order valence-electron chi connectivity index (χ2n) is 5.63. The molecule has 0 radical (unpaired) electrons. The lowest BCUT2D eigenvalue weighted by molar-refractivity contribution is 0.00941. The molecule has 0 spiro atoms. The Morgan fingerprint density at radius 2 is 1.96 bits per heavy atom. The standard InChI is InChI=1S/C19H17ClN2O4.ClH/c20-12-5-6-14-17(7-8-21-18(14)9-12)22-16-4-2-1-3-15(16)19(25)26-11-13(24)10-23;/h1-9,13,23-24H,10-11H2,(H,21,22);1H. The third kappa shape index (κ3) is 5.08. The molecule has 0 saturated carbocycles. The molecular weight excluding hydrogens is 391 g/mol. The first-order valence-corrected chi connectivity index (χ1v) is 8.32. The van der Waals surface area contributed by atoms with Gasteiger partial charge in [-0.25, -0.2) is 4.79 Å². The smallest absolute Gasteiger partial charge is 0.340 e. The van der Waals surface area contributed by atoms with E-state index in [1.807, 2.05) is 6.07 Å². The van der Waals surface area contributed by atoms with E-state index in [0.29, 0.717) is 16.3 Å². The Kier molecular flexibility index (Phi) is 7.38. The van der Waals surface area contributed by atoms with E-state index in [4.69, 9.17) is 21.4 Å². The Balaban J connectivity index is 0.00000261. The third-order valence-corrected chi connectivity index (χ3v) is 3.97. The van der Waals surface area contributed by atoms with Crippen LogP contribution in [0.1, 0.15) is 10.4 Å². The van der Waals surface area contributed by atoms with Crippen LogP contribution in [-0.4, -0.2) is 40.5 Å². The van der Waals surface area contributed by atoms with Gasteiger partial charge in [-0.3, -0.25) is 4.98 Å². The van der Waals surface area contributed by atoms with Gasteiger partial charge in [0, 0.05) is 22.3 Å². The molecule has 1 heterocycles. The summed E-state index contributed by atoms with van der Waals surface area (Å²) in [7, 11) is 0. The van der Waals surface area contributed by atoms with Crippen molar-refractivity contribution in [2.75, 3.05) is 18.5 Å². The van der Waals surface area contributed by atoms with Crippen molar-refractivity contribution in [3.05, 3.63) is 65.3 Å². The quantitative estimate of drug-likeness (QED) is 0.540. The minimum Gasteiger partial charge on any atom is -0.459 e. The number of aliphatic hydroxyl groups is 2. The summed E-state index contributed by atoms with van der Waals surface area (Å²) in [5.74, 6) is -0.595. The Labute approximate surface area is 167 Å². The van der Waals surface area contributed by atoms with E-state index in [-0.39, 0.29) is 19.0 Å². The van der Waals surface area contributed by atoms with Gasteiger partial charge in [-0.1, -0.05) is 23.7 Å². The van der Waals surface area contributed by atoms with Crippen molar-refractivity contribution >= 4 is 52.3 Å². The van der Waals surface area contributed by atoms with Crippen LogP contribution in [0.3, 0.4) is 0 Å². The predicted molar refractivity (Wildman–Crippen MR) is 107 cm³/mol. The van der Waals surface area contributed by atoms with Crippen molar-refractivity contribution in [3.8, 4) is 0 Å². The number of nitrogens with one attached hydrogen (secondary N) is 1. The monoisotopic (exact) mass is 408 g/mol. The van der Waals surface area contributed by atoms with Crippen LogP contribution in [0.2, 0.25) is 5.02 Å². The van der Waals surface area contributed by atoms with Crippen molar-refractivity contribution in [1.82, 2.24) is 4.98 Å². The van der Waals surface area contributed by atoms with Gasteiger partial charge in [0.1, 0.15) is 12.7 Å². The minimum atomic E-state index is -1.10. The molecule has 0 aliphatic carbocycles. The molecule has 1 unspecified atom stereocenters. The minimum absolute atomic E-state index is 0. The van der Waals surface area contributed by atoms with Crippen molar-refractivity contribution in [2.45, 2.75) is 6.10 Å². The van der Waals surface area contributed by atoms with E-state index < -0.39 is 18.7 Å². The molecule has 142 valence electrons. The highest BCUT2D eigenvalue weighted by Gasteiger charge is 2.15. The number of ether oxygens (including phenoxy) is 1. The second-order valence-corrected chi connectivity index (χ2v) is 6.06. The highest BCUT2D eigenvalue weighted by molar-refractivity contribution is 6.31. The van der Waals surface area contributed by atoms with Crippen molar-refractivity contribution in [1.29, 1.82) is 0 Å². The Morgan fingerprint density at radius 1 is 1.19 bits per heavy atom. The number of carbonyl (C=O) groups is 1. The SMILES string of the molecule is Cl.O=C(OCC(O)CO)c1ccccc1Nc1ccnc2cc(Cl)ccc12. The van der Waals surface area contributed by atoms with E-state index >= 15 is 0 Å². The number of hydrogen-bond acceptors (Lipinski definition) is 6. The number of rotatable bonds is 6. The highest BCUT2D eigenvalue weighted by atomic mass is 35.5. The van der Waals surface area contributed by atoms with E-state index in [0.717, 1.165) is 16.6 Å². The van der Waals surface area contributed by atoms with E-state index in [2.05, 4.69) is 10.3 Å². The topological polar surface area (TPSA) is 91.7 Å². The zero-order valence-corrected chi connectivity index (χ0v) is 15.7. The molecule has 27 heavy (non-hydrogen) atoms. The van der Waals surface area contributed by atoms with E-state index in [1.54, 1.807) is 48.7 Å². The zero-order chi connectivity index (χ0) is 18.5. The number of carbonyl (C=O) groups excluding carboxylic acids is 1. The van der Waals surface area contributed by atoms with Gasteiger partial charge < -0.3 is 20.3 Å². The number of esters is 1. The maximum atomic E-state index is 12.3.